The fourth-order valence-electron chi connectivity index (χ4n) is 2.34. The van der Waals surface area contributed by atoms with Crippen LogP contribution in [0.4, 0.5) is 5.69 Å². The maximum absolute atomic E-state index is 12.7. The summed E-state index contributed by atoms with van der Waals surface area (Å²) in [7, 11) is 1.67. The molecule has 120 valence electrons. The summed E-state index contributed by atoms with van der Waals surface area (Å²) < 4.78 is 1.46. The minimum atomic E-state index is -0.348. The average Bonchev–Trinajstić information content (AvgIpc) is 3.02. The van der Waals surface area contributed by atoms with Crippen LogP contribution in [0.25, 0.3) is 0 Å². The largest absolute Gasteiger partial charge is 0.320 e. The molecule has 1 heterocycles. The van der Waals surface area contributed by atoms with Gasteiger partial charge in [0.1, 0.15) is 5.69 Å². The zero-order chi connectivity index (χ0) is 17.1. The van der Waals surface area contributed by atoms with Crippen molar-refractivity contribution in [3.63, 3.8) is 0 Å². The molecule has 3 aromatic rings. The second-order valence-electron chi connectivity index (χ2n) is 5.18. The van der Waals surface area contributed by atoms with Crippen molar-refractivity contribution < 1.29 is 9.59 Å². The minimum absolute atomic E-state index is 0.210. The SMILES string of the molecule is Cn1nccc1C(=O)Nc1ccc(Cl)cc1C(=O)c1ccccc1. The predicted octanol–water partition coefficient (Wildman–Crippen LogP) is 3.56. The van der Waals surface area contributed by atoms with Crippen LogP contribution >= 0.6 is 11.6 Å². The molecule has 0 aliphatic rings. The van der Waals surface area contributed by atoms with Crippen LogP contribution in [0, 0.1) is 0 Å². The summed E-state index contributed by atoms with van der Waals surface area (Å²) in [6.45, 7) is 0. The number of hydrogen-bond donors (Lipinski definition) is 1. The second kappa shape index (κ2) is 6.68. The lowest BCUT2D eigenvalue weighted by atomic mass is 10.0. The van der Waals surface area contributed by atoms with Gasteiger partial charge in [0.05, 0.1) is 5.69 Å². The Morgan fingerprint density at radius 2 is 1.83 bits per heavy atom. The molecule has 0 radical (unpaired) electrons. The van der Waals surface area contributed by atoms with E-state index in [0.29, 0.717) is 27.5 Å². The summed E-state index contributed by atoms with van der Waals surface area (Å²) >= 11 is 6.03. The van der Waals surface area contributed by atoms with Gasteiger partial charge in [-0.15, -0.1) is 0 Å². The maximum atomic E-state index is 12.7. The molecule has 0 aliphatic heterocycles. The predicted molar refractivity (Wildman–Crippen MR) is 92.5 cm³/mol. The Bertz CT molecular complexity index is 904. The highest BCUT2D eigenvalue weighted by atomic mass is 35.5. The molecule has 1 amide bonds. The van der Waals surface area contributed by atoms with Crippen LogP contribution in [0.5, 0.6) is 0 Å². The molecule has 0 aliphatic carbocycles. The average molecular weight is 340 g/mol. The number of anilines is 1. The van der Waals surface area contributed by atoms with Crippen LogP contribution in [-0.4, -0.2) is 21.5 Å². The zero-order valence-corrected chi connectivity index (χ0v) is 13.6. The first-order chi connectivity index (χ1) is 11.6. The van der Waals surface area contributed by atoms with Crippen molar-refractivity contribution in [3.8, 4) is 0 Å². The molecule has 0 spiro atoms. The monoisotopic (exact) mass is 339 g/mol. The standard InChI is InChI=1S/C18H14ClN3O2/c1-22-16(9-10-20-22)18(24)21-15-8-7-13(19)11-14(15)17(23)12-5-3-2-4-6-12/h2-11H,1H3,(H,21,24). The number of rotatable bonds is 4. The smallest absolute Gasteiger partial charge is 0.273 e. The number of nitrogens with zero attached hydrogens (tertiary/aromatic N) is 2. The fraction of sp³-hybridized carbons (Fsp3) is 0.0556. The summed E-state index contributed by atoms with van der Waals surface area (Å²) in [5, 5.41) is 7.14. The molecule has 0 atom stereocenters. The third-order valence-corrected chi connectivity index (χ3v) is 3.80. The number of benzene rings is 2. The van der Waals surface area contributed by atoms with Crippen LogP contribution in [0.3, 0.4) is 0 Å². The number of amides is 1. The zero-order valence-electron chi connectivity index (χ0n) is 12.9. The lowest BCUT2D eigenvalue weighted by Crippen LogP contribution is -2.18. The molecule has 0 bridgehead atoms. The van der Waals surface area contributed by atoms with Gasteiger partial charge in [0.15, 0.2) is 5.78 Å². The van der Waals surface area contributed by atoms with E-state index in [1.807, 2.05) is 6.07 Å². The lowest BCUT2D eigenvalue weighted by Gasteiger charge is -2.11. The highest BCUT2D eigenvalue weighted by Gasteiger charge is 2.17. The van der Waals surface area contributed by atoms with Gasteiger partial charge >= 0.3 is 0 Å². The Balaban J connectivity index is 1.96. The molecular weight excluding hydrogens is 326 g/mol. The van der Waals surface area contributed by atoms with Crippen LogP contribution in [0.1, 0.15) is 26.4 Å². The van der Waals surface area contributed by atoms with Gasteiger partial charge in [0.2, 0.25) is 0 Å². The van der Waals surface area contributed by atoms with E-state index in [1.54, 1.807) is 55.6 Å². The quantitative estimate of drug-likeness (QED) is 0.739. The van der Waals surface area contributed by atoms with Crippen LogP contribution < -0.4 is 5.32 Å². The Kier molecular flexibility index (Phi) is 4.44. The van der Waals surface area contributed by atoms with Crippen molar-refractivity contribution in [3.05, 3.63) is 82.6 Å². The molecule has 0 unspecified atom stereocenters. The minimum Gasteiger partial charge on any atom is -0.320 e. The molecule has 0 saturated carbocycles. The molecule has 6 heteroatoms. The third-order valence-electron chi connectivity index (χ3n) is 3.56. The Labute approximate surface area is 143 Å². The second-order valence-corrected chi connectivity index (χ2v) is 5.62. The topological polar surface area (TPSA) is 64.0 Å². The van der Waals surface area contributed by atoms with Crippen LogP contribution in [0.15, 0.2) is 60.8 Å². The van der Waals surface area contributed by atoms with E-state index in [-0.39, 0.29) is 11.7 Å². The van der Waals surface area contributed by atoms with Crippen molar-refractivity contribution in [2.45, 2.75) is 0 Å². The van der Waals surface area contributed by atoms with E-state index in [2.05, 4.69) is 10.4 Å². The Morgan fingerprint density at radius 3 is 2.50 bits per heavy atom. The van der Waals surface area contributed by atoms with Gasteiger partial charge in [-0.1, -0.05) is 41.9 Å². The summed E-state index contributed by atoms with van der Waals surface area (Å²) in [6.07, 6.45) is 1.53. The van der Waals surface area contributed by atoms with Crippen molar-refractivity contribution in [1.82, 2.24) is 9.78 Å². The Morgan fingerprint density at radius 1 is 1.08 bits per heavy atom. The normalized spacial score (nSPS) is 10.4. The summed E-state index contributed by atoms with van der Waals surface area (Å²) in [6, 6.07) is 15.2. The van der Waals surface area contributed by atoms with E-state index < -0.39 is 0 Å². The first-order valence-electron chi connectivity index (χ1n) is 7.25. The number of halogens is 1. The van der Waals surface area contributed by atoms with Crippen molar-refractivity contribution in [2.24, 2.45) is 7.05 Å². The first kappa shape index (κ1) is 16.0. The van der Waals surface area contributed by atoms with E-state index in [9.17, 15) is 9.59 Å². The number of nitrogens with one attached hydrogen (secondary N) is 1. The van der Waals surface area contributed by atoms with Gasteiger partial charge in [-0.05, 0) is 24.3 Å². The highest BCUT2D eigenvalue weighted by Crippen LogP contribution is 2.24. The number of carbonyl (C=O) groups is 2. The number of aromatic nitrogens is 2. The summed E-state index contributed by atoms with van der Waals surface area (Å²) in [5.74, 6) is -0.558. The van der Waals surface area contributed by atoms with Gasteiger partial charge in [0, 0.05) is 29.4 Å². The van der Waals surface area contributed by atoms with Gasteiger partial charge < -0.3 is 5.32 Å². The van der Waals surface area contributed by atoms with Crippen molar-refractivity contribution in [2.75, 3.05) is 5.32 Å². The molecular formula is C18H14ClN3O2. The number of aryl methyl sites for hydroxylation is 1. The van der Waals surface area contributed by atoms with E-state index in [1.165, 1.54) is 10.9 Å². The van der Waals surface area contributed by atoms with Gasteiger partial charge in [-0.2, -0.15) is 5.10 Å². The van der Waals surface area contributed by atoms with E-state index in [4.69, 9.17) is 11.6 Å². The molecule has 5 nitrogen and oxygen atoms in total. The van der Waals surface area contributed by atoms with Gasteiger partial charge in [-0.25, -0.2) is 0 Å². The van der Waals surface area contributed by atoms with Crippen molar-refractivity contribution >= 4 is 29.0 Å². The number of hydrogen-bond acceptors (Lipinski definition) is 3. The van der Waals surface area contributed by atoms with E-state index in [0.717, 1.165) is 0 Å². The molecule has 1 aromatic heterocycles. The first-order valence-corrected chi connectivity index (χ1v) is 7.62. The molecule has 3 rings (SSSR count). The van der Waals surface area contributed by atoms with Gasteiger partial charge in [0.25, 0.3) is 5.91 Å². The fourth-order valence-corrected chi connectivity index (χ4v) is 2.51. The molecule has 24 heavy (non-hydrogen) atoms. The summed E-state index contributed by atoms with van der Waals surface area (Å²) in [5.41, 5.74) is 1.66. The van der Waals surface area contributed by atoms with E-state index >= 15 is 0 Å². The third kappa shape index (κ3) is 3.21. The number of ketones is 1. The van der Waals surface area contributed by atoms with Crippen molar-refractivity contribution in [1.29, 1.82) is 0 Å². The van der Waals surface area contributed by atoms with Crippen LogP contribution in [-0.2, 0) is 7.05 Å². The molecule has 0 saturated heterocycles. The van der Waals surface area contributed by atoms with Gasteiger partial charge in [-0.3, -0.25) is 14.3 Å². The Hall–Kier alpha value is -2.92. The van der Waals surface area contributed by atoms with Crippen LogP contribution in [0.2, 0.25) is 5.02 Å². The lowest BCUT2D eigenvalue weighted by molar-refractivity contribution is 0.101. The maximum Gasteiger partial charge on any atom is 0.273 e. The molecule has 1 N–H and O–H groups in total. The molecule has 2 aromatic carbocycles. The molecule has 0 fully saturated rings. The summed E-state index contributed by atoms with van der Waals surface area (Å²) in [4.78, 5) is 25.1. The number of carbonyl (C=O) groups excluding carboxylic acids is 2. The highest BCUT2D eigenvalue weighted by molar-refractivity contribution is 6.31.